The Bertz CT molecular complexity index is 1450. The van der Waals surface area contributed by atoms with Crippen LogP contribution in [0.25, 0.3) is 10.9 Å². The lowest BCUT2D eigenvalue weighted by Crippen LogP contribution is -2.41. The summed E-state index contributed by atoms with van der Waals surface area (Å²) in [6.07, 6.45) is 1.62. The van der Waals surface area contributed by atoms with Crippen LogP contribution in [0.15, 0.2) is 41.9 Å². The molecule has 2 aromatic heterocycles. The molecule has 208 valence electrons. The van der Waals surface area contributed by atoms with Crippen molar-refractivity contribution in [1.82, 2.24) is 14.3 Å². The van der Waals surface area contributed by atoms with E-state index in [9.17, 15) is 13.9 Å². The number of methoxy groups -OCH3 is 1. The fourth-order valence-electron chi connectivity index (χ4n) is 3.95. The minimum Gasteiger partial charge on any atom is -0.493 e. The molecule has 0 spiro atoms. The highest BCUT2D eigenvalue weighted by Crippen LogP contribution is 2.42. The zero-order valence-electron chi connectivity index (χ0n) is 22.1. The number of hydrogen-bond donors (Lipinski definition) is 2. The minimum absolute atomic E-state index is 0.00843. The average Bonchev–Trinajstić information content (AvgIpc) is 3.39. The topological polar surface area (TPSA) is 98.6 Å². The van der Waals surface area contributed by atoms with Gasteiger partial charge in [-0.15, -0.1) is 0 Å². The Morgan fingerprint density at radius 2 is 1.85 bits per heavy atom. The summed E-state index contributed by atoms with van der Waals surface area (Å²) < 4.78 is 65.9. The summed E-state index contributed by atoms with van der Waals surface area (Å²) >= 11 is 1.28. The largest absolute Gasteiger partial charge is 0.493 e. The molecule has 4 aromatic rings. The Morgan fingerprint density at radius 3 is 2.51 bits per heavy atom. The zero-order valence-corrected chi connectivity index (χ0v) is 22.9. The van der Waals surface area contributed by atoms with Gasteiger partial charge in [-0.3, -0.25) is 0 Å². The number of halogens is 3. The highest BCUT2D eigenvalue weighted by atomic mass is 32.1. The fourth-order valence-corrected chi connectivity index (χ4v) is 4.41. The van der Waals surface area contributed by atoms with Gasteiger partial charge in [-0.05, 0) is 51.4 Å². The summed E-state index contributed by atoms with van der Waals surface area (Å²) in [4.78, 5) is 8.94. The van der Waals surface area contributed by atoms with Crippen molar-refractivity contribution in [3.8, 4) is 17.2 Å². The molecule has 0 bridgehead atoms. The van der Waals surface area contributed by atoms with Crippen molar-refractivity contribution >= 4 is 28.3 Å². The van der Waals surface area contributed by atoms with Gasteiger partial charge in [0.1, 0.15) is 42.0 Å². The third kappa shape index (κ3) is 6.01. The van der Waals surface area contributed by atoms with E-state index in [0.717, 1.165) is 19.9 Å². The molecule has 2 aromatic carbocycles. The monoisotopic (exact) mass is 562 g/mol. The number of rotatable bonds is 11. The number of ether oxygens (including phenoxy) is 3. The van der Waals surface area contributed by atoms with Crippen molar-refractivity contribution in [1.29, 1.82) is 0 Å². The maximum atomic E-state index is 15.4. The lowest BCUT2D eigenvalue weighted by Gasteiger charge is -2.30. The first-order valence-corrected chi connectivity index (χ1v) is 12.9. The molecule has 0 unspecified atom stereocenters. The number of nitrogens with one attached hydrogen (secondary N) is 1. The molecule has 39 heavy (non-hydrogen) atoms. The fraction of sp³-hybridized carbons (Fsp3) is 0.370. The van der Waals surface area contributed by atoms with E-state index in [-0.39, 0.29) is 18.8 Å². The third-order valence-corrected chi connectivity index (χ3v) is 6.63. The number of hydrogen-bond acceptors (Lipinski definition) is 9. The summed E-state index contributed by atoms with van der Waals surface area (Å²) in [5, 5.41) is 15.4. The zero-order chi connectivity index (χ0) is 28.4. The van der Waals surface area contributed by atoms with E-state index in [1.807, 2.05) is 0 Å². The lowest BCUT2D eigenvalue weighted by atomic mass is 9.91. The molecule has 12 heteroatoms. The van der Waals surface area contributed by atoms with Crippen LogP contribution in [-0.2, 0) is 5.92 Å². The molecule has 0 aliphatic heterocycles. The first kappa shape index (κ1) is 28.4. The van der Waals surface area contributed by atoms with Gasteiger partial charge in [0.15, 0.2) is 11.5 Å². The highest BCUT2D eigenvalue weighted by molar-refractivity contribution is 7.03. The molecule has 0 aliphatic carbocycles. The number of alkyl halides is 2. The Labute approximate surface area is 227 Å². The second-order valence-corrected chi connectivity index (χ2v) is 10.1. The average molecular weight is 563 g/mol. The maximum Gasteiger partial charge on any atom is 0.303 e. The van der Waals surface area contributed by atoms with Crippen molar-refractivity contribution in [2.75, 3.05) is 25.6 Å². The van der Waals surface area contributed by atoms with Crippen LogP contribution in [-0.4, -0.2) is 45.4 Å². The van der Waals surface area contributed by atoms with Crippen molar-refractivity contribution in [2.45, 2.75) is 45.3 Å². The van der Waals surface area contributed by atoms with Crippen molar-refractivity contribution in [3.05, 3.63) is 64.7 Å². The van der Waals surface area contributed by atoms with E-state index in [1.165, 1.54) is 30.8 Å². The molecule has 2 N–H and O–H groups in total. The van der Waals surface area contributed by atoms with Gasteiger partial charge in [-0.2, -0.15) is 13.2 Å². The van der Waals surface area contributed by atoms with Crippen LogP contribution in [0.1, 0.15) is 43.8 Å². The molecule has 4 rings (SSSR count). The smallest absolute Gasteiger partial charge is 0.303 e. The van der Waals surface area contributed by atoms with Gasteiger partial charge < -0.3 is 24.6 Å². The molecule has 0 fully saturated rings. The van der Waals surface area contributed by atoms with Gasteiger partial charge in [0.2, 0.25) is 0 Å². The van der Waals surface area contributed by atoms with Crippen LogP contribution in [0.4, 0.5) is 19.0 Å². The Morgan fingerprint density at radius 1 is 1.10 bits per heavy atom. The Balaban J connectivity index is 1.63. The number of nitrogens with zero attached hydrogens (tertiary/aromatic N) is 3. The van der Waals surface area contributed by atoms with Crippen LogP contribution in [0.5, 0.6) is 17.2 Å². The van der Waals surface area contributed by atoms with E-state index < -0.39 is 28.9 Å². The van der Waals surface area contributed by atoms with Gasteiger partial charge in [-0.1, -0.05) is 12.1 Å². The predicted molar refractivity (Wildman–Crippen MR) is 143 cm³/mol. The Kier molecular flexibility index (Phi) is 8.17. The second kappa shape index (κ2) is 11.2. The predicted octanol–water partition coefficient (Wildman–Crippen LogP) is 6.04. The van der Waals surface area contributed by atoms with Gasteiger partial charge in [-0.25, -0.2) is 14.4 Å². The van der Waals surface area contributed by atoms with Crippen molar-refractivity contribution in [3.63, 3.8) is 0 Å². The van der Waals surface area contributed by atoms with E-state index in [1.54, 1.807) is 37.6 Å². The van der Waals surface area contributed by atoms with E-state index >= 15 is 4.39 Å². The number of aryl methyl sites for hydroxylation is 1. The van der Waals surface area contributed by atoms with Crippen LogP contribution in [0, 0.1) is 12.7 Å². The molecule has 0 amide bonds. The molecule has 0 saturated carbocycles. The van der Waals surface area contributed by atoms with Gasteiger partial charge in [0.25, 0.3) is 0 Å². The van der Waals surface area contributed by atoms with Crippen molar-refractivity contribution in [2.24, 2.45) is 0 Å². The standard InChI is InChI=1S/C27H29F3N4O4S/c1-15(18-7-6-8-20(24(18)28)27(29,30)26(3,4)35)32-25-19-11-23(38-10-9-37-17-13-31-39-14-17)22(36-5)12-21(19)33-16(2)34-25/h6-8,11-15,35H,9-10H2,1-5H3,(H,32,33,34)/t15-/m1/s1. The molecular formula is C27H29F3N4O4S. The number of aliphatic hydroxyl groups is 1. The lowest BCUT2D eigenvalue weighted by molar-refractivity contribution is -0.170. The molecular weight excluding hydrogens is 533 g/mol. The highest BCUT2D eigenvalue weighted by Gasteiger charge is 2.49. The number of anilines is 1. The molecule has 0 aliphatic rings. The number of benzene rings is 2. The van der Waals surface area contributed by atoms with Gasteiger partial charge in [0.05, 0.1) is 35.8 Å². The summed E-state index contributed by atoms with van der Waals surface area (Å²) in [5.41, 5.74) is -2.80. The summed E-state index contributed by atoms with van der Waals surface area (Å²) in [5.74, 6) is -2.60. The van der Waals surface area contributed by atoms with E-state index in [0.29, 0.717) is 39.8 Å². The van der Waals surface area contributed by atoms with Crippen LogP contribution >= 0.6 is 11.5 Å². The van der Waals surface area contributed by atoms with Gasteiger partial charge in [0, 0.05) is 17.0 Å². The SMILES string of the molecule is COc1cc2nc(C)nc(N[C@H](C)c3cccc(C(F)(F)C(C)(C)O)c3F)c2cc1OCCOc1cnsc1. The molecule has 8 nitrogen and oxygen atoms in total. The van der Waals surface area contributed by atoms with Crippen LogP contribution in [0.3, 0.4) is 0 Å². The molecule has 2 heterocycles. The van der Waals surface area contributed by atoms with E-state index in [2.05, 4.69) is 19.7 Å². The summed E-state index contributed by atoms with van der Waals surface area (Å²) in [6.45, 7) is 5.71. The van der Waals surface area contributed by atoms with E-state index in [4.69, 9.17) is 14.2 Å². The molecule has 1 atom stereocenters. The second-order valence-electron chi connectivity index (χ2n) is 9.40. The maximum absolute atomic E-state index is 15.4. The van der Waals surface area contributed by atoms with Crippen LogP contribution < -0.4 is 19.5 Å². The number of aromatic nitrogens is 3. The minimum atomic E-state index is -3.81. The number of fused-ring (bicyclic) bond motifs is 1. The summed E-state index contributed by atoms with van der Waals surface area (Å²) in [6, 6.07) is 6.35. The first-order valence-electron chi connectivity index (χ1n) is 12.1. The quantitative estimate of drug-likeness (QED) is 0.214. The van der Waals surface area contributed by atoms with Crippen molar-refractivity contribution < 1.29 is 32.5 Å². The van der Waals surface area contributed by atoms with Crippen LogP contribution in [0.2, 0.25) is 0 Å². The molecule has 0 saturated heterocycles. The normalized spacial score (nSPS) is 12.8. The Hall–Kier alpha value is -3.64. The molecule has 0 radical (unpaired) electrons. The van der Waals surface area contributed by atoms with Gasteiger partial charge >= 0.3 is 5.92 Å². The third-order valence-electron chi connectivity index (χ3n) is 6.07. The first-order chi connectivity index (χ1) is 18.4. The summed E-state index contributed by atoms with van der Waals surface area (Å²) in [7, 11) is 1.51.